The molecule has 0 saturated carbocycles. The summed E-state index contributed by atoms with van der Waals surface area (Å²) in [4.78, 5) is 4.29. The van der Waals surface area contributed by atoms with Crippen LogP contribution in [0.3, 0.4) is 0 Å². The summed E-state index contributed by atoms with van der Waals surface area (Å²) in [5, 5.41) is 9.33. The van der Waals surface area contributed by atoms with E-state index in [1.54, 1.807) is 6.20 Å². The predicted molar refractivity (Wildman–Crippen MR) is 63.0 cm³/mol. The van der Waals surface area contributed by atoms with Gasteiger partial charge < -0.3 is 4.57 Å². The minimum Gasteiger partial charge on any atom is -0.330 e. The number of halogens is 1. The third-order valence-corrected chi connectivity index (χ3v) is 2.79. The Kier molecular flexibility index (Phi) is 2.93. The summed E-state index contributed by atoms with van der Waals surface area (Å²) in [5.41, 5.74) is 1.77. The minimum absolute atomic E-state index is 0.355. The van der Waals surface area contributed by atoms with Crippen molar-refractivity contribution in [1.82, 2.24) is 9.55 Å². The molecule has 0 saturated heterocycles. The quantitative estimate of drug-likeness (QED) is 0.798. The van der Waals surface area contributed by atoms with Crippen molar-refractivity contribution in [2.24, 2.45) is 7.05 Å². The van der Waals surface area contributed by atoms with Gasteiger partial charge in [0.25, 0.3) is 0 Å². The molecular formula is C12H10ClN3. The lowest BCUT2D eigenvalue weighted by atomic mass is 10.2. The Hall–Kier alpha value is -1.79. The molecule has 0 bridgehead atoms. The Balaban J connectivity index is 2.50. The van der Waals surface area contributed by atoms with Crippen LogP contribution in [0.15, 0.2) is 30.5 Å². The van der Waals surface area contributed by atoms with E-state index in [1.165, 1.54) is 0 Å². The summed E-state index contributed by atoms with van der Waals surface area (Å²) >= 11 is 6.10. The molecule has 0 atom stereocenters. The van der Waals surface area contributed by atoms with Gasteiger partial charge in [-0.15, -0.1) is 0 Å². The molecule has 16 heavy (non-hydrogen) atoms. The highest BCUT2D eigenvalue weighted by molar-refractivity contribution is 6.33. The number of nitriles is 1. The SMILES string of the molecule is Cn1c(CC#N)cnc1-c1ccccc1Cl. The summed E-state index contributed by atoms with van der Waals surface area (Å²) in [5.74, 6) is 0.788. The molecule has 0 aliphatic heterocycles. The van der Waals surface area contributed by atoms with Gasteiger partial charge in [0.1, 0.15) is 5.82 Å². The third kappa shape index (κ3) is 1.80. The lowest BCUT2D eigenvalue weighted by Gasteiger charge is -2.05. The van der Waals surface area contributed by atoms with Crippen molar-refractivity contribution >= 4 is 11.6 Å². The number of hydrogen-bond donors (Lipinski definition) is 0. The van der Waals surface area contributed by atoms with Gasteiger partial charge in [0.05, 0.1) is 23.2 Å². The number of benzene rings is 1. The van der Waals surface area contributed by atoms with Crippen molar-refractivity contribution in [3.63, 3.8) is 0 Å². The van der Waals surface area contributed by atoms with Gasteiger partial charge in [0.2, 0.25) is 0 Å². The fraction of sp³-hybridized carbons (Fsp3) is 0.167. The molecule has 3 nitrogen and oxygen atoms in total. The highest BCUT2D eigenvalue weighted by atomic mass is 35.5. The van der Waals surface area contributed by atoms with E-state index in [2.05, 4.69) is 11.1 Å². The molecule has 1 aromatic heterocycles. The Morgan fingerprint density at radius 1 is 1.44 bits per heavy atom. The van der Waals surface area contributed by atoms with Crippen LogP contribution in [-0.4, -0.2) is 9.55 Å². The second-order valence-corrected chi connectivity index (χ2v) is 3.85. The molecule has 1 aromatic carbocycles. The van der Waals surface area contributed by atoms with Crippen molar-refractivity contribution in [3.05, 3.63) is 41.2 Å². The van der Waals surface area contributed by atoms with E-state index in [0.29, 0.717) is 11.4 Å². The van der Waals surface area contributed by atoms with E-state index in [-0.39, 0.29) is 0 Å². The first-order valence-electron chi connectivity index (χ1n) is 4.86. The Labute approximate surface area is 98.9 Å². The molecule has 0 radical (unpaired) electrons. The lowest BCUT2D eigenvalue weighted by molar-refractivity contribution is 0.864. The van der Waals surface area contributed by atoms with Gasteiger partial charge in [-0.2, -0.15) is 5.26 Å². The smallest absolute Gasteiger partial charge is 0.141 e. The largest absolute Gasteiger partial charge is 0.330 e. The zero-order valence-corrected chi connectivity index (χ0v) is 9.57. The summed E-state index contributed by atoms with van der Waals surface area (Å²) in [6.07, 6.45) is 2.07. The van der Waals surface area contributed by atoms with Crippen LogP contribution < -0.4 is 0 Å². The Morgan fingerprint density at radius 3 is 2.88 bits per heavy atom. The molecule has 0 aliphatic carbocycles. The number of hydrogen-bond acceptors (Lipinski definition) is 2. The monoisotopic (exact) mass is 231 g/mol. The maximum Gasteiger partial charge on any atom is 0.141 e. The molecule has 0 fully saturated rings. The number of imidazole rings is 1. The molecule has 2 aromatic rings. The maximum absolute atomic E-state index is 8.66. The topological polar surface area (TPSA) is 41.6 Å². The maximum atomic E-state index is 8.66. The average molecular weight is 232 g/mol. The molecule has 2 rings (SSSR count). The van der Waals surface area contributed by atoms with E-state index in [1.807, 2.05) is 35.9 Å². The van der Waals surface area contributed by atoms with E-state index < -0.39 is 0 Å². The Bertz CT molecular complexity index is 552. The molecular weight excluding hydrogens is 222 g/mol. The van der Waals surface area contributed by atoms with Crippen LogP contribution in [0.4, 0.5) is 0 Å². The minimum atomic E-state index is 0.355. The molecule has 4 heteroatoms. The normalized spacial score (nSPS) is 10.1. The zero-order chi connectivity index (χ0) is 11.5. The second-order valence-electron chi connectivity index (χ2n) is 3.45. The standard InChI is InChI=1S/C12H10ClN3/c1-16-9(6-7-14)8-15-12(16)10-4-2-3-5-11(10)13/h2-5,8H,6H2,1H3. The van der Waals surface area contributed by atoms with E-state index in [4.69, 9.17) is 16.9 Å². The van der Waals surface area contributed by atoms with Crippen LogP contribution in [-0.2, 0) is 13.5 Å². The molecule has 0 spiro atoms. The number of nitrogens with zero attached hydrogens (tertiary/aromatic N) is 3. The number of rotatable bonds is 2. The fourth-order valence-corrected chi connectivity index (χ4v) is 1.80. The van der Waals surface area contributed by atoms with Gasteiger partial charge in [-0.3, -0.25) is 0 Å². The summed E-state index contributed by atoms with van der Waals surface area (Å²) in [6, 6.07) is 9.65. The van der Waals surface area contributed by atoms with E-state index in [9.17, 15) is 0 Å². The van der Waals surface area contributed by atoms with Crippen LogP contribution in [0.2, 0.25) is 5.02 Å². The first-order valence-corrected chi connectivity index (χ1v) is 5.24. The van der Waals surface area contributed by atoms with Gasteiger partial charge in [0.15, 0.2) is 0 Å². The summed E-state index contributed by atoms with van der Waals surface area (Å²) in [6.45, 7) is 0. The van der Waals surface area contributed by atoms with Crippen molar-refractivity contribution in [2.45, 2.75) is 6.42 Å². The van der Waals surface area contributed by atoms with Crippen LogP contribution >= 0.6 is 11.6 Å². The first kappa shape index (κ1) is 10.7. The van der Waals surface area contributed by atoms with Crippen molar-refractivity contribution in [2.75, 3.05) is 0 Å². The van der Waals surface area contributed by atoms with Gasteiger partial charge in [-0.25, -0.2) is 4.98 Å². The average Bonchev–Trinajstić information content (AvgIpc) is 2.62. The number of aromatic nitrogens is 2. The molecule has 0 aliphatic rings. The van der Waals surface area contributed by atoms with Gasteiger partial charge in [-0.1, -0.05) is 23.7 Å². The van der Waals surface area contributed by atoms with Gasteiger partial charge in [0, 0.05) is 18.8 Å². The fourth-order valence-electron chi connectivity index (χ4n) is 1.58. The first-order chi connectivity index (χ1) is 7.74. The van der Waals surface area contributed by atoms with Crippen LogP contribution in [0.5, 0.6) is 0 Å². The van der Waals surface area contributed by atoms with Crippen molar-refractivity contribution in [1.29, 1.82) is 5.26 Å². The van der Waals surface area contributed by atoms with E-state index in [0.717, 1.165) is 17.1 Å². The third-order valence-electron chi connectivity index (χ3n) is 2.46. The van der Waals surface area contributed by atoms with Crippen LogP contribution in [0.25, 0.3) is 11.4 Å². The van der Waals surface area contributed by atoms with Crippen LogP contribution in [0, 0.1) is 11.3 Å². The second kappa shape index (κ2) is 4.38. The van der Waals surface area contributed by atoms with Gasteiger partial charge in [-0.05, 0) is 12.1 Å². The molecule has 1 heterocycles. The predicted octanol–water partition coefficient (Wildman–Crippen LogP) is 2.81. The van der Waals surface area contributed by atoms with Crippen molar-refractivity contribution in [3.8, 4) is 17.5 Å². The van der Waals surface area contributed by atoms with Crippen LogP contribution in [0.1, 0.15) is 5.69 Å². The summed E-state index contributed by atoms with van der Waals surface area (Å²) in [7, 11) is 1.89. The summed E-state index contributed by atoms with van der Waals surface area (Å²) < 4.78 is 1.89. The Morgan fingerprint density at radius 2 is 2.19 bits per heavy atom. The highest BCUT2D eigenvalue weighted by Crippen LogP contribution is 2.26. The van der Waals surface area contributed by atoms with Crippen molar-refractivity contribution < 1.29 is 0 Å². The van der Waals surface area contributed by atoms with Gasteiger partial charge >= 0.3 is 0 Å². The molecule has 0 amide bonds. The zero-order valence-electron chi connectivity index (χ0n) is 8.81. The molecule has 0 unspecified atom stereocenters. The van der Waals surface area contributed by atoms with E-state index >= 15 is 0 Å². The lowest BCUT2D eigenvalue weighted by Crippen LogP contribution is -1.98. The molecule has 80 valence electrons. The highest BCUT2D eigenvalue weighted by Gasteiger charge is 2.10. The molecule has 0 N–H and O–H groups in total.